The average molecular weight is 332 g/mol. The summed E-state index contributed by atoms with van der Waals surface area (Å²) < 4.78 is 5.45. The molecule has 6 nitrogen and oxygen atoms in total. The molecule has 1 unspecified atom stereocenters. The van der Waals surface area contributed by atoms with Crippen molar-refractivity contribution in [3.63, 3.8) is 0 Å². The quantitative estimate of drug-likeness (QED) is 0.791. The van der Waals surface area contributed by atoms with Crippen LogP contribution in [-0.2, 0) is 4.74 Å². The Balaban J connectivity index is 1.85. The third-order valence-corrected chi connectivity index (χ3v) is 5.09. The Hall–Kier alpha value is -1.79. The van der Waals surface area contributed by atoms with Crippen molar-refractivity contribution in [2.75, 3.05) is 26.2 Å². The molecular formula is C18H28N4O2. The summed E-state index contributed by atoms with van der Waals surface area (Å²) in [6.07, 6.45) is 3.85. The molecular weight excluding hydrogens is 304 g/mol. The van der Waals surface area contributed by atoms with Gasteiger partial charge in [-0.05, 0) is 46.5 Å². The molecule has 2 rings (SSSR count). The highest BCUT2D eigenvalue weighted by Gasteiger charge is 2.47. The van der Waals surface area contributed by atoms with E-state index in [1.165, 1.54) is 0 Å². The number of likely N-dealkylation sites (tertiary alicyclic amines) is 2. The smallest absolute Gasteiger partial charge is 0.410 e. The molecule has 0 aromatic rings. The van der Waals surface area contributed by atoms with Crippen LogP contribution in [0.25, 0.3) is 0 Å². The molecule has 2 fully saturated rings. The number of carbonyl (C=O) groups excluding carboxylic acids is 1. The molecule has 0 N–H and O–H groups in total. The Labute approximate surface area is 145 Å². The fourth-order valence-electron chi connectivity index (χ4n) is 3.57. The lowest BCUT2D eigenvalue weighted by molar-refractivity contribution is -0.0661. The Morgan fingerprint density at radius 3 is 2.29 bits per heavy atom. The molecule has 2 aliphatic heterocycles. The molecule has 132 valence electrons. The van der Waals surface area contributed by atoms with Gasteiger partial charge in [0.25, 0.3) is 0 Å². The van der Waals surface area contributed by atoms with E-state index in [0.29, 0.717) is 25.9 Å². The minimum absolute atomic E-state index is 0.0780. The van der Waals surface area contributed by atoms with Crippen molar-refractivity contribution in [3.05, 3.63) is 0 Å². The van der Waals surface area contributed by atoms with Crippen LogP contribution in [0.1, 0.15) is 52.9 Å². The van der Waals surface area contributed by atoms with Crippen molar-refractivity contribution in [1.29, 1.82) is 10.5 Å². The van der Waals surface area contributed by atoms with E-state index in [2.05, 4.69) is 17.0 Å². The van der Waals surface area contributed by atoms with Gasteiger partial charge in [-0.2, -0.15) is 10.5 Å². The Bertz CT molecular complexity index is 533. The first-order chi connectivity index (χ1) is 11.3. The first-order valence-corrected chi connectivity index (χ1v) is 8.79. The largest absolute Gasteiger partial charge is 0.444 e. The maximum atomic E-state index is 12.2. The molecule has 0 aliphatic carbocycles. The highest BCUT2D eigenvalue weighted by molar-refractivity contribution is 5.68. The van der Waals surface area contributed by atoms with E-state index in [1.54, 1.807) is 4.90 Å². The van der Waals surface area contributed by atoms with E-state index >= 15 is 0 Å². The van der Waals surface area contributed by atoms with Crippen molar-refractivity contribution < 1.29 is 9.53 Å². The highest BCUT2D eigenvalue weighted by atomic mass is 16.6. The van der Waals surface area contributed by atoms with Crippen LogP contribution in [0.3, 0.4) is 0 Å². The third-order valence-electron chi connectivity index (χ3n) is 5.09. The molecule has 0 aromatic carbocycles. The first kappa shape index (κ1) is 18.5. The lowest BCUT2D eigenvalue weighted by atomic mass is 9.75. The SMILES string of the molecule is CC(C)(C)OC(=O)N1CCC2(CC1)CCN2CC(C#N)CCC#N. The molecule has 1 atom stereocenters. The van der Waals surface area contributed by atoms with Gasteiger partial charge in [0, 0.05) is 38.1 Å². The summed E-state index contributed by atoms with van der Waals surface area (Å²) in [5.41, 5.74) is -0.324. The Morgan fingerprint density at radius 2 is 1.83 bits per heavy atom. The number of ether oxygens (including phenoxy) is 1. The first-order valence-electron chi connectivity index (χ1n) is 8.79. The van der Waals surface area contributed by atoms with Gasteiger partial charge in [0.15, 0.2) is 0 Å². The van der Waals surface area contributed by atoms with Gasteiger partial charge in [-0.3, -0.25) is 4.90 Å². The molecule has 0 radical (unpaired) electrons. The monoisotopic (exact) mass is 332 g/mol. The van der Waals surface area contributed by atoms with Gasteiger partial charge < -0.3 is 9.64 Å². The summed E-state index contributed by atoms with van der Waals surface area (Å²) in [6.45, 7) is 8.82. The third kappa shape index (κ3) is 4.39. The molecule has 1 spiro atoms. The van der Waals surface area contributed by atoms with Crippen molar-refractivity contribution >= 4 is 6.09 Å². The maximum Gasteiger partial charge on any atom is 0.410 e. The number of rotatable bonds is 4. The van der Waals surface area contributed by atoms with Crippen LogP contribution in [0.5, 0.6) is 0 Å². The van der Waals surface area contributed by atoms with Gasteiger partial charge in [-0.1, -0.05) is 0 Å². The topological polar surface area (TPSA) is 80.4 Å². The van der Waals surface area contributed by atoms with Crippen molar-refractivity contribution in [2.24, 2.45) is 5.92 Å². The van der Waals surface area contributed by atoms with Gasteiger partial charge in [0.2, 0.25) is 0 Å². The molecule has 2 heterocycles. The summed E-state index contributed by atoms with van der Waals surface area (Å²) in [5, 5.41) is 18.0. The van der Waals surface area contributed by atoms with Crippen LogP contribution in [0.2, 0.25) is 0 Å². The second-order valence-corrected chi connectivity index (χ2v) is 7.91. The predicted octanol–water partition coefficient (Wildman–Crippen LogP) is 2.91. The van der Waals surface area contributed by atoms with Gasteiger partial charge in [-0.25, -0.2) is 4.79 Å². The van der Waals surface area contributed by atoms with Crippen LogP contribution in [0.15, 0.2) is 0 Å². The van der Waals surface area contributed by atoms with Crippen molar-refractivity contribution in [2.45, 2.75) is 64.0 Å². The maximum absolute atomic E-state index is 12.2. The number of carbonyl (C=O) groups is 1. The number of amides is 1. The summed E-state index contributed by atoms with van der Waals surface area (Å²) in [5.74, 6) is -0.0780. The van der Waals surface area contributed by atoms with Gasteiger partial charge in [0.1, 0.15) is 5.60 Å². The van der Waals surface area contributed by atoms with Gasteiger partial charge in [0.05, 0.1) is 18.1 Å². The summed E-state index contributed by atoms with van der Waals surface area (Å²) in [7, 11) is 0. The minimum atomic E-state index is -0.463. The van der Waals surface area contributed by atoms with E-state index in [4.69, 9.17) is 10.00 Å². The molecule has 1 amide bonds. The predicted molar refractivity (Wildman–Crippen MR) is 89.9 cm³/mol. The van der Waals surface area contributed by atoms with Crippen LogP contribution < -0.4 is 0 Å². The number of piperidine rings is 1. The van der Waals surface area contributed by atoms with Crippen LogP contribution in [-0.4, -0.2) is 53.2 Å². The highest BCUT2D eigenvalue weighted by Crippen LogP contribution is 2.40. The lowest BCUT2D eigenvalue weighted by Crippen LogP contribution is -2.65. The zero-order valence-corrected chi connectivity index (χ0v) is 15.0. The summed E-state index contributed by atoms with van der Waals surface area (Å²) in [6, 6.07) is 4.46. The molecule has 2 aliphatic rings. The Kier molecular flexibility index (Phi) is 5.72. The van der Waals surface area contributed by atoms with Crippen molar-refractivity contribution in [1.82, 2.24) is 9.80 Å². The average Bonchev–Trinajstić information content (AvgIpc) is 2.52. The normalized spacial score (nSPS) is 21.5. The summed E-state index contributed by atoms with van der Waals surface area (Å²) in [4.78, 5) is 16.4. The zero-order chi connectivity index (χ0) is 17.8. The van der Waals surface area contributed by atoms with Crippen LogP contribution >= 0.6 is 0 Å². The van der Waals surface area contributed by atoms with Crippen molar-refractivity contribution in [3.8, 4) is 12.1 Å². The van der Waals surface area contributed by atoms with E-state index in [0.717, 1.165) is 32.4 Å². The molecule has 0 bridgehead atoms. The zero-order valence-electron chi connectivity index (χ0n) is 15.0. The summed E-state index contributed by atoms with van der Waals surface area (Å²) >= 11 is 0. The molecule has 2 saturated heterocycles. The standard InChI is InChI=1S/C18H28N4O2/c1-17(2,3)24-16(23)21-10-6-18(7-11-21)8-12-22(18)14-15(13-20)5-4-9-19/h15H,4-8,10-12,14H2,1-3H3. The fourth-order valence-corrected chi connectivity index (χ4v) is 3.57. The molecule has 6 heteroatoms. The van der Waals surface area contributed by atoms with E-state index in [9.17, 15) is 10.1 Å². The number of hydrogen-bond donors (Lipinski definition) is 0. The van der Waals surface area contributed by atoms with Gasteiger partial charge in [-0.15, -0.1) is 0 Å². The number of nitrogens with zero attached hydrogens (tertiary/aromatic N) is 4. The molecule has 0 aromatic heterocycles. The number of hydrogen-bond acceptors (Lipinski definition) is 5. The lowest BCUT2D eigenvalue weighted by Gasteiger charge is -2.57. The Morgan fingerprint density at radius 1 is 1.21 bits per heavy atom. The second-order valence-electron chi connectivity index (χ2n) is 7.91. The molecule has 0 saturated carbocycles. The van der Waals surface area contributed by atoms with E-state index in [1.807, 2.05) is 20.8 Å². The van der Waals surface area contributed by atoms with E-state index < -0.39 is 5.60 Å². The molecule has 24 heavy (non-hydrogen) atoms. The van der Waals surface area contributed by atoms with Crippen LogP contribution in [0.4, 0.5) is 4.79 Å². The number of nitriles is 2. The fraction of sp³-hybridized carbons (Fsp3) is 0.833. The minimum Gasteiger partial charge on any atom is -0.444 e. The van der Waals surface area contributed by atoms with Crippen LogP contribution in [0, 0.1) is 28.6 Å². The van der Waals surface area contributed by atoms with E-state index in [-0.39, 0.29) is 17.6 Å². The van der Waals surface area contributed by atoms with Gasteiger partial charge >= 0.3 is 6.09 Å². The second kappa shape index (κ2) is 7.40.